The van der Waals surface area contributed by atoms with E-state index >= 15 is 0 Å². The van der Waals surface area contributed by atoms with Crippen LogP contribution in [0.15, 0.2) is 114 Å². The molecule has 0 nitrogen and oxygen atoms in total. The third-order valence-corrected chi connectivity index (χ3v) is 17.7. The van der Waals surface area contributed by atoms with Crippen LogP contribution in [0.3, 0.4) is 0 Å². The summed E-state index contributed by atoms with van der Waals surface area (Å²) >= 11 is 1.47. The summed E-state index contributed by atoms with van der Waals surface area (Å²) in [6.45, 7) is 27.0. The molecule has 7 aliphatic rings. The van der Waals surface area contributed by atoms with Crippen molar-refractivity contribution < 1.29 is 49.0 Å². The molecule has 7 aliphatic carbocycles. The Balaban J connectivity index is 0.000000216. The van der Waals surface area contributed by atoms with E-state index in [9.17, 15) is 0 Å². The van der Waals surface area contributed by atoms with E-state index in [1.54, 1.807) is 5.57 Å². The van der Waals surface area contributed by atoms with Gasteiger partial charge in [0, 0.05) is 10.8 Å². The van der Waals surface area contributed by atoms with Crippen molar-refractivity contribution in [2.24, 2.45) is 55.2 Å². The second kappa shape index (κ2) is 15.4. The van der Waals surface area contributed by atoms with Crippen LogP contribution in [0.25, 0.3) is 0 Å². The van der Waals surface area contributed by atoms with Gasteiger partial charge in [-0.3, -0.25) is 6.08 Å². The number of hydrogen-bond acceptors (Lipinski definition) is 0. The Morgan fingerprint density at radius 1 is 0.717 bits per heavy atom. The molecule has 1 aromatic carbocycles. The zero-order chi connectivity index (χ0) is 37.1. The van der Waals surface area contributed by atoms with Crippen molar-refractivity contribution in [2.75, 3.05) is 0 Å². The Morgan fingerprint density at radius 3 is 1.77 bits per heavy atom. The number of benzene rings is 1. The van der Waals surface area contributed by atoms with Crippen LogP contribution in [0.2, 0.25) is 0 Å². The van der Waals surface area contributed by atoms with Gasteiger partial charge < -0.3 is 31.2 Å². The van der Waals surface area contributed by atoms with Crippen LogP contribution >= 0.6 is 0 Å². The summed E-state index contributed by atoms with van der Waals surface area (Å²) in [7, 11) is 0. The number of hydrogen-bond donors (Lipinski definition) is 0. The summed E-state index contributed by atoms with van der Waals surface area (Å²) in [6, 6.07) is 8.56. The summed E-state index contributed by atoms with van der Waals surface area (Å²) in [6.07, 6.45) is 44.3. The summed E-state index contributed by atoms with van der Waals surface area (Å²) in [4.78, 5) is 0. The standard InChI is InChI=1S/C29H37.C13H19.C8H8.2ClH.Zr/c1-21-14-13-15-22-20-27(6)25(4)18-10-9-16-23(25,2)24(3)17-11-12-19-26(24,5)29(27,8)28(21,22)7;1-11-6-7-12(10-11)13(2)8-4-3-5-9-13;1-7-3-5-8(2)6-4-7;;;/h9-20,22H,1-8H3;7,10-11H,3-5,8-9H2,1-2H3;1,3-6H,2H3;2*1H;/q2*-1;;;;+2/p-2. The van der Waals surface area contributed by atoms with Crippen molar-refractivity contribution in [3.05, 3.63) is 138 Å². The summed E-state index contributed by atoms with van der Waals surface area (Å²) in [5.41, 5.74) is 6.43. The molecule has 3 fully saturated rings. The minimum absolute atomic E-state index is 0. The molecular weight excluding hydrogens is 763 g/mol. The van der Waals surface area contributed by atoms with Gasteiger partial charge >= 0.3 is 70.3 Å². The van der Waals surface area contributed by atoms with Gasteiger partial charge in [-0.25, -0.2) is 6.08 Å². The van der Waals surface area contributed by atoms with Crippen LogP contribution in [0.1, 0.15) is 112 Å². The molecule has 0 N–H and O–H groups in total. The Labute approximate surface area is 351 Å². The molecule has 0 radical (unpaired) electrons. The van der Waals surface area contributed by atoms with Crippen molar-refractivity contribution in [1.82, 2.24) is 0 Å². The molecule has 1 aromatic rings. The monoisotopic (exact) mass is 824 g/mol. The van der Waals surface area contributed by atoms with Gasteiger partial charge in [-0.05, 0) is 28.6 Å². The molecule has 0 saturated heterocycles. The zero-order valence-corrected chi connectivity index (χ0v) is 38.4. The van der Waals surface area contributed by atoms with E-state index in [4.69, 9.17) is 0 Å². The number of halogens is 2. The van der Waals surface area contributed by atoms with E-state index < -0.39 is 0 Å². The molecule has 8 rings (SSSR count). The molecule has 0 amide bonds. The predicted octanol–water partition coefficient (Wildman–Crippen LogP) is 7.24. The van der Waals surface area contributed by atoms with Crippen molar-refractivity contribution >= 4 is 3.71 Å². The third kappa shape index (κ3) is 6.10. The van der Waals surface area contributed by atoms with E-state index in [1.165, 1.54) is 73.0 Å². The second-order valence-electron chi connectivity index (χ2n) is 18.6. The maximum absolute atomic E-state index is 3.37. The molecule has 3 heteroatoms. The fourth-order valence-electron chi connectivity index (χ4n) is 12.5. The van der Waals surface area contributed by atoms with Gasteiger partial charge in [0.25, 0.3) is 0 Å². The SMILES string of the molecule is CC1=CC=CC2[CH-]C3(C)C4(C)C=CC=CC4(C)C4(C)C=CC=CC4(C)C3(C)C12C.CC1[C-]=CC(C2(C)CCCCC2)=C1.Cc1ccc([CH]=[Zr+2])cc1.[Cl-].[Cl-]. The maximum atomic E-state index is 3.37. The zero-order valence-electron chi connectivity index (χ0n) is 34.4. The quantitative estimate of drug-likeness (QED) is 0.276. The number of fused-ring (bicyclic) bond motifs is 8. The predicted molar refractivity (Wildman–Crippen MR) is 217 cm³/mol. The second-order valence-corrected chi connectivity index (χ2v) is 19.3. The van der Waals surface area contributed by atoms with E-state index in [2.05, 4.69) is 196 Å². The van der Waals surface area contributed by atoms with Gasteiger partial charge in [-0.1, -0.05) is 172 Å². The largest absolute Gasteiger partial charge is 1.00 e. The Hall–Kier alpha value is -1.53. The molecule has 3 saturated carbocycles. The van der Waals surface area contributed by atoms with Crippen LogP contribution in [0, 0.1) is 74.6 Å². The van der Waals surface area contributed by atoms with Crippen molar-refractivity contribution in [2.45, 2.75) is 108 Å². The fraction of sp³-hybridized carbons (Fsp3) is 0.520. The van der Waals surface area contributed by atoms with E-state index in [-0.39, 0.29) is 62.7 Å². The average Bonchev–Trinajstić information content (AvgIpc) is 3.64. The molecule has 0 bridgehead atoms. The fourth-order valence-corrected chi connectivity index (χ4v) is 13.0. The van der Waals surface area contributed by atoms with Crippen molar-refractivity contribution in [1.29, 1.82) is 0 Å². The van der Waals surface area contributed by atoms with E-state index in [0.29, 0.717) is 17.3 Å². The first-order chi connectivity index (χ1) is 23.9. The van der Waals surface area contributed by atoms with Gasteiger partial charge in [0.15, 0.2) is 0 Å². The van der Waals surface area contributed by atoms with Crippen LogP contribution in [-0.4, -0.2) is 3.71 Å². The molecule has 53 heavy (non-hydrogen) atoms. The first kappa shape index (κ1) is 44.2. The molecule has 284 valence electrons. The van der Waals surface area contributed by atoms with Gasteiger partial charge in [0.2, 0.25) is 0 Å². The molecule has 0 spiro atoms. The van der Waals surface area contributed by atoms with Gasteiger partial charge in [0.1, 0.15) is 0 Å². The first-order valence-electron chi connectivity index (χ1n) is 19.8. The van der Waals surface area contributed by atoms with Crippen LogP contribution in [0.4, 0.5) is 0 Å². The van der Waals surface area contributed by atoms with Crippen molar-refractivity contribution in [3.8, 4) is 0 Å². The number of aryl methyl sites for hydroxylation is 1. The van der Waals surface area contributed by atoms with Crippen LogP contribution in [-0.2, 0) is 24.2 Å². The molecule has 0 aliphatic heterocycles. The molecular formula is C50H64Cl2Zr-2. The normalized spacial score (nSPS) is 41.7. The van der Waals surface area contributed by atoms with Gasteiger partial charge in [0.05, 0.1) is 0 Å². The van der Waals surface area contributed by atoms with Crippen LogP contribution < -0.4 is 24.8 Å². The summed E-state index contributed by atoms with van der Waals surface area (Å²) in [5, 5.41) is 0. The summed E-state index contributed by atoms with van der Waals surface area (Å²) in [5.74, 6) is 1.01. The molecule has 9 unspecified atom stereocenters. The minimum Gasteiger partial charge on any atom is -1.00 e. The minimum atomic E-state index is 0. The maximum Gasteiger partial charge on any atom is -1.00 e. The van der Waals surface area contributed by atoms with Crippen LogP contribution in [0.5, 0.6) is 0 Å². The molecule has 0 heterocycles. The third-order valence-electron chi connectivity index (χ3n) is 16.9. The smallest absolute Gasteiger partial charge is 1.00 e. The van der Waals surface area contributed by atoms with Gasteiger partial charge in [-0.2, -0.15) is 11.6 Å². The van der Waals surface area contributed by atoms with Crippen molar-refractivity contribution in [3.63, 3.8) is 0 Å². The Kier molecular flexibility index (Phi) is 12.9. The van der Waals surface area contributed by atoms with Gasteiger partial charge in [-0.15, -0.1) is 17.4 Å². The molecule has 0 aromatic heterocycles. The number of allylic oxidation sites excluding steroid dienone is 16. The summed E-state index contributed by atoms with van der Waals surface area (Å²) < 4.78 is 2.19. The topological polar surface area (TPSA) is 0 Å². The first-order valence-corrected chi connectivity index (χ1v) is 21.2. The number of rotatable bonds is 2. The Morgan fingerprint density at radius 2 is 1.25 bits per heavy atom. The average molecular weight is 827 g/mol. The Bertz CT molecular complexity index is 1780. The molecule has 9 atom stereocenters. The van der Waals surface area contributed by atoms with E-state index in [1.807, 2.05) is 0 Å². The van der Waals surface area contributed by atoms with E-state index in [0.717, 1.165) is 0 Å².